The van der Waals surface area contributed by atoms with Gasteiger partial charge in [0.2, 0.25) is 5.78 Å². The summed E-state index contributed by atoms with van der Waals surface area (Å²) in [5.41, 5.74) is 1.19. The first-order chi connectivity index (χ1) is 17.0. The van der Waals surface area contributed by atoms with Gasteiger partial charge in [-0.2, -0.15) is 0 Å². The van der Waals surface area contributed by atoms with Crippen molar-refractivity contribution >= 4 is 33.4 Å². The van der Waals surface area contributed by atoms with Crippen LogP contribution < -0.4 is 4.74 Å². The average Bonchev–Trinajstić information content (AvgIpc) is 3.43. The van der Waals surface area contributed by atoms with Gasteiger partial charge in [0.25, 0.3) is 5.91 Å². The lowest BCUT2D eigenvalue weighted by Crippen LogP contribution is -2.32. The number of methoxy groups -OCH3 is 2. The molecular formula is C28H25NO6. The first-order valence-corrected chi connectivity index (χ1v) is 11.4. The minimum Gasteiger partial charge on any atom is -0.503 e. The second-order valence-electron chi connectivity index (χ2n) is 8.40. The summed E-state index contributed by atoms with van der Waals surface area (Å²) in [5.74, 6) is -1.16. The Kier molecular flexibility index (Phi) is 6.01. The molecule has 1 aromatic heterocycles. The maximum atomic E-state index is 13.8. The summed E-state index contributed by atoms with van der Waals surface area (Å²) in [6, 6.07) is 19.7. The minimum atomic E-state index is -0.770. The number of amides is 1. The number of hydrogen-bond acceptors (Lipinski definition) is 6. The molecule has 3 aromatic carbocycles. The van der Waals surface area contributed by atoms with Crippen LogP contribution in [0.4, 0.5) is 0 Å². The molecule has 0 fully saturated rings. The Hall–Kier alpha value is -4.10. The number of furan rings is 1. The third-order valence-electron chi connectivity index (χ3n) is 6.37. The molecule has 0 saturated heterocycles. The van der Waals surface area contributed by atoms with Gasteiger partial charge in [-0.1, -0.05) is 54.6 Å². The van der Waals surface area contributed by atoms with Gasteiger partial charge < -0.3 is 23.9 Å². The number of Topliss-reactive ketones (excluding diaryl/α,β-unsaturated/α-hetero) is 1. The van der Waals surface area contributed by atoms with E-state index in [-0.39, 0.29) is 11.3 Å². The number of ether oxygens (including phenoxy) is 2. The van der Waals surface area contributed by atoms with Gasteiger partial charge in [-0.3, -0.25) is 9.59 Å². The highest BCUT2D eigenvalue weighted by Gasteiger charge is 2.44. The van der Waals surface area contributed by atoms with Crippen LogP contribution in [0.2, 0.25) is 0 Å². The first kappa shape index (κ1) is 22.7. The number of aliphatic hydroxyl groups excluding tert-OH is 1. The van der Waals surface area contributed by atoms with Gasteiger partial charge >= 0.3 is 0 Å². The number of fused-ring (bicyclic) bond motifs is 2. The number of aliphatic hydroxyl groups is 1. The molecule has 0 bridgehead atoms. The number of carbonyl (C=O) groups is 2. The fourth-order valence-corrected chi connectivity index (χ4v) is 4.75. The molecule has 7 nitrogen and oxygen atoms in total. The van der Waals surface area contributed by atoms with Crippen LogP contribution in [0.15, 0.2) is 82.5 Å². The molecule has 1 N–H and O–H groups in total. The summed E-state index contributed by atoms with van der Waals surface area (Å²) in [5, 5.41) is 13.5. The number of nitrogens with zero attached hydrogens (tertiary/aromatic N) is 1. The van der Waals surface area contributed by atoms with Crippen LogP contribution in [0, 0.1) is 0 Å². The second-order valence-corrected chi connectivity index (χ2v) is 8.40. The zero-order valence-electron chi connectivity index (χ0n) is 19.5. The standard InChI is InChI=1S/C28H25NO6/c1-33-15-7-14-29-24(20-12-5-9-17-8-3-4-11-19(17)20)23(26(31)28(29)32)25(30)22-16-18-10-6-13-21(34-2)27(18)35-22/h3-6,8-13,16,24,31H,7,14-15H2,1-2H3. The molecular weight excluding hydrogens is 446 g/mol. The van der Waals surface area contributed by atoms with Gasteiger partial charge in [-0.05, 0) is 34.9 Å². The van der Waals surface area contributed by atoms with Gasteiger partial charge in [0.15, 0.2) is 22.9 Å². The monoisotopic (exact) mass is 471 g/mol. The zero-order chi connectivity index (χ0) is 24.5. The van der Waals surface area contributed by atoms with Crippen molar-refractivity contribution in [2.24, 2.45) is 0 Å². The highest BCUT2D eigenvalue weighted by Crippen LogP contribution is 2.42. The number of carbonyl (C=O) groups excluding carboxylic acids is 2. The molecule has 5 rings (SSSR count). The van der Waals surface area contributed by atoms with E-state index in [1.54, 1.807) is 25.3 Å². The van der Waals surface area contributed by atoms with E-state index in [4.69, 9.17) is 13.9 Å². The van der Waals surface area contributed by atoms with E-state index in [0.29, 0.717) is 36.3 Å². The summed E-state index contributed by atoms with van der Waals surface area (Å²) in [6.45, 7) is 0.759. The van der Waals surface area contributed by atoms with Crippen LogP contribution in [-0.2, 0) is 9.53 Å². The molecule has 1 unspecified atom stereocenters. The van der Waals surface area contributed by atoms with Crippen molar-refractivity contribution < 1.29 is 28.6 Å². The number of para-hydroxylation sites is 1. The highest BCUT2D eigenvalue weighted by molar-refractivity contribution is 6.16. The summed E-state index contributed by atoms with van der Waals surface area (Å²) >= 11 is 0. The van der Waals surface area contributed by atoms with Crippen molar-refractivity contribution in [2.45, 2.75) is 12.5 Å². The molecule has 178 valence electrons. The summed E-state index contributed by atoms with van der Waals surface area (Å²) in [7, 11) is 3.12. The molecule has 0 radical (unpaired) electrons. The van der Waals surface area contributed by atoms with Crippen molar-refractivity contribution in [1.29, 1.82) is 0 Å². The fourth-order valence-electron chi connectivity index (χ4n) is 4.75. The van der Waals surface area contributed by atoms with Crippen LogP contribution in [0.5, 0.6) is 5.75 Å². The molecule has 1 aliphatic heterocycles. The van der Waals surface area contributed by atoms with Crippen LogP contribution >= 0.6 is 0 Å². The average molecular weight is 472 g/mol. The van der Waals surface area contributed by atoms with Gasteiger partial charge in [0.05, 0.1) is 18.7 Å². The summed E-state index contributed by atoms with van der Waals surface area (Å²) in [4.78, 5) is 28.6. The lowest BCUT2D eigenvalue weighted by atomic mass is 9.91. The smallest absolute Gasteiger partial charge is 0.290 e. The maximum absolute atomic E-state index is 13.8. The quantitative estimate of drug-likeness (QED) is 0.280. The normalized spacial score (nSPS) is 16.0. The van der Waals surface area contributed by atoms with Crippen LogP contribution in [0.1, 0.15) is 28.6 Å². The lowest BCUT2D eigenvalue weighted by Gasteiger charge is -2.27. The molecule has 4 aromatic rings. The number of rotatable bonds is 8. The van der Waals surface area contributed by atoms with E-state index >= 15 is 0 Å². The SMILES string of the molecule is COCCCN1C(=O)C(O)=C(C(=O)c2cc3cccc(OC)c3o2)C1c1cccc2ccccc12. The molecule has 1 amide bonds. The van der Waals surface area contributed by atoms with E-state index in [2.05, 4.69) is 0 Å². The van der Waals surface area contributed by atoms with Gasteiger partial charge in [0.1, 0.15) is 0 Å². The lowest BCUT2D eigenvalue weighted by molar-refractivity contribution is -0.129. The van der Waals surface area contributed by atoms with Crippen LogP contribution in [0.25, 0.3) is 21.7 Å². The second kappa shape index (κ2) is 9.27. The fraction of sp³-hybridized carbons (Fsp3) is 0.214. The molecule has 0 spiro atoms. The van der Waals surface area contributed by atoms with Crippen molar-refractivity contribution in [3.05, 3.63) is 89.4 Å². The molecule has 1 aliphatic rings. The molecule has 35 heavy (non-hydrogen) atoms. The van der Waals surface area contributed by atoms with Crippen LogP contribution in [0.3, 0.4) is 0 Å². The predicted molar refractivity (Wildman–Crippen MR) is 132 cm³/mol. The van der Waals surface area contributed by atoms with Gasteiger partial charge in [0, 0.05) is 25.6 Å². The molecule has 2 heterocycles. The summed E-state index contributed by atoms with van der Waals surface area (Å²) < 4.78 is 16.4. The van der Waals surface area contributed by atoms with Crippen molar-refractivity contribution in [2.75, 3.05) is 27.4 Å². The maximum Gasteiger partial charge on any atom is 0.290 e. The van der Waals surface area contributed by atoms with Gasteiger partial charge in [-0.15, -0.1) is 0 Å². The van der Waals surface area contributed by atoms with Crippen LogP contribution in [-0.4, -0.2) is 49.1 Å². The van der Waals surface area contributed by atoms with Crippen molar-refractivity contribution in [3.8, 4) is 5.75 Å². The summed E-state index contributed by atoms with van der Waals surface area (Å²) in [6.07, 6.45) is 0.556. The van der Waals surface area contributed by atoms with E-state index in [9.17, 15) is 14.7 Å². The Morgan fingerprint density at radius 3 is 2.57 bits per heavy atom. The molecule has 0 saturated carbocycles. The van der Waals surface area contributed by atoms with E-state index in [1.807, 2.05) is 48.5 Å². The Morgan fingerprint density at radius 1 is 1.03 bits per heavy atom. The largest absolute Gasteiger partial charge is 0.503 e. The Morgan fingerprint density at radius 2 is 1.77 bits per heavy atom. The topological polar surface area (TPSA) is 89.2 Å². The minimum absolute atomic E-state index is 0.00166. The van der Waals surface area contributed by atoms with Crippen molar-refractivity contribution in [3.63, 3.8) is 0 Å². The Balaban J connectivity index is 1.65. The zero-order valence-corrected chi connectivity index (χ0v) is 19.5. The van der Waals surface area contributed by atoms with E-state index in [1.165, 1.54) is 12.0 Å². The van der Waals surface area contributed by atoms with E-state index in [0.717, 1.165) is 16.3 Å². The molecule has 7 heteroatoms. The molecule has 0 aliphatic carbocycles. The number of benzene rings is 3. The third kappa shape index (κ3) is 3.84. The Bertz CT molecular complexity index is 1460. The number of hydrogen-bond donors (Lipinski definition) is 1. The predicted octanol–water partition coefficient (Wildman–Crippen LogP) is 5.21. The molecule has 1 atom stereocenters. The van der Waals surface area contributed by atoms with E-state index < -0.39 is 23.5 Å². The number of ketones is 1. The van der Waals surface area contributed by atoms with Crippen molar-refractivity contribution in [1.82, 2.24) is 4.90 Å². The van der Waals surface area contributed by atoms with Gasteiger partial charge in [-0.25, -0.2) is 0 Å². The third-order valence-corrected chi connectivity index (χ3v) is 6.37. The first-order valence-electron chi connectivity index (χ1n) is 11.4. The Labute approximate surface area is 202 Å². The highest BCUT2D eigenvalue weighted by atomic mass is 16.5.